The predicted octanol–water partition coefficient (Wildman–Crippen LogP) is 5.52. The zero-order valence-corrected chi connectivity index (χ0v) is 28.1. The summed E-state index contributed by atoms with van der Waals surface area (Å²) in [5.41, 5.74) is 4.72. The number of amides is 2. The van der Waals surface area contributed by atoms with E-state index in [2.05, 4.69) is 25.5 Å². The Kier molecular flexibility index (Phi) is 9.45. The first kappa shape index (κ1) is 33.5. The Hall–Kier alpha value is -4.98. The van der Waals surface area contributed by atoms with Crippen LogP contribution in [0.2, 0.25) is 0 Å². The lowest BCUT2D eigenvalue weighted by molar-refractivity contribution is -0.132. The zero-order chi connectivity index (χ0) is 34.8. The van der Waals surface area contributed by atoms with Gasteiger partial charge in [0.05, 0.1) is 24.4 Å². The number of rotatable bonds is 9. The van der Waals surface area contributed by atoms with E-state index >= 15 is 4.39 Å². The summed E-state index contributed by atoms with van der Waals surface area (Å²) >= 11 is 1.47. The van der Waals surface area contributed by atoms with Gasteiger partial charge < -0.3 is 15.3 Å². The SMILES string of the molecule is CS[C@@]1(C(=O)Nc2ccc3[nH]nc(-c4ccc(F)c(CO)c4)c3c2)CCN(CC(=O)N2CC=C(c3ccc(-c4ncccn4)cc3F)CC2)C1. The van der Waals surface area contributed by atoms with Crippen molar-refractivity contribution >= 4 is 45.7 Å². The van der Waals surface area contributed by atoms with Crippen LogP contribution in [0, 0.1) is 11.6 Å². The molecule has 13 heteroatoms. The largest absolute Gasteiger partial charge is 0.392 e. The van der Waals surface area contributed by atoms with Crippen molar-refractivity contribution in [2.45, 2.75) is 24.2 Å². The number of aromatic nitrogens is 4. The molecule has 2 amide bonds. The summed E-state index contributed by atoms with van der Waals surface area (Å²) < 4.78 is 28.4. The lowest BCUT2D eigenvalue weighted by Crippen LogP contribution is -2.45. The minimum atomic E-state index is -0.745. The van der Waals surface area contributed by atoms with Crippen LogP contribution in [0.5, 0.6) is 0 Å². The lowest BCUT2D eigenvalue weighted by Gasteiger charge is -2.30. The number of carbonyl (C=O) groups excluding carboxylic acids is 2. The van der Waals surface area contributed by atoms with E-state index in [0.717, 1.165) is 16.5 Å². The van der Waals surface area contributed by atoms with Crippen LogP contribution in [0.4, 0.5) is 14.5 Å². The molecule has 3 aromatic carbocycles. The molecule has 1 saturated heterocycles. The number of thioether (sulfide) groups is 1. The summed E-state index contributed by atoms with van der Waals surface area (Å²) in [5.74, 6) is -0.554. The highest BCUT2D eigenvalue weighted by Crippen LogP contribution is 2.36. The molecule has 0 bridgehead atoms. The molecule has 1 fully saturated rings. The monoisotopic (exact) mass is 695 g/mol. The Bertz CT molecular complexity index is 2110. The second-order valence-corrected chi connectivity index (χ2v) is 13.7. The Morgan fingerprint density at radius 1 is 1.02 bits per heavy atom. The number of H-pyrrole nitrogens is 1. The van der Waals surface area contributed by atoms with E-state index < -0.39 is 17.2 Å². The van der Waals surface area contributed by atoms with Gasteiger partial charge in [-0.1, -0.05) is 18.2 Å². The number of fused-ring (bicyclic) bond motifs is 1. The maximum absolute atomic E-state index is 15.1. The molecular formula is C37H35F2N7O3S. The number of nitrogens with zero attached hydrogens (tertiary/aromatic N) is 5. The maximum atomic E-state index is 15.1. The van der Waals surface area contributed by atoms with Crippen molar-refractivity contribution in [1.82, 2.24) is 30.0 Å². The molecule has 1 atom stereocenters. The molecule has 7 rings (SSSR count). The lowest BCUT2D eigenvalue weighted by atomic mass is 9.97. The topological polar surface area (TPSA) is 127 Å². The van der Waals surface area contributed by atoms with Gasteiger partial charge in [-0.05, 0) is 73.2 Å². The maximum Gasteiger partial charge on any atom is 0.241 e. The smallest absolute Gasteiger partial charge is 0.241 e. The van der Waals surface area contributed by atoms with Gasteiger partial charge >= 0.3 is 0 Å². The average molecular weight is 696 g/mol. The first-order valence-corrected chi connectivity index (χ1v) is 17.5. The number of halogens is 2. The molecule has 5 aromatic rings. The summed E-state index contributed by atoms with van der Waals surface area (Å²) in [6.45, 7) is 1.64. The highest BCUT2D eigenvalue weighted by molar-refractivity contribution is 8.00. The number of anilines is 1. The number of hydrogen-bond donors (Lipinski definition) is 3. The number of nitrogens with one attached hydrogen (secondary N) is 2. The minimum absolute atomic E-state index is 0.0299. The predicted molar refractivity (Wildman–Crippen MR) is 190 cm³/mol. The highest BCUT2D eigenvalue weighted by Gasteiger charge is 2.44. The molecule has 0 spiro atoms. The van der Waals surface area contributed by atoms with Crippen LogP contribution in [-0.2, 0) is 16.2 Å². The van der Waals surface area contributed by atoms with Crippen molar-refractivity contribution in [3.63, 3.8) is 0 Å². The first-order valence-electron chi connectivity index (χ1n) is 16.3. The molecule has 50 heavy (non-hydrogen) atoms. The van der Waals surface area contributed by atoms with Crippen molar-refractivity contribution in [3.8, 4) is 22.6 Å². The third kappa shape index (κ3) is 6.63. The summed E-state index contributed by atoms with van der Waals surface area (Å²) in [6, 6.07) is 16.6. The number of aliphatic hydroxyl groups is 1. The number of aliphatic hydroxyl groups excluding tert-OH is 1. The molecule has 2 aromatic heterocycles. The van der Waals surface area contributed by atoms with Gasteiger partial charge in [-0.15, -0.1) is 11.8 Å². The van der Waals surface area contributed by atoms with Gasteiger partial charge in [0.25, 0.3) is 0 Å². The molecule has 0 unspecified atom stereocenters. The quantitative estimate of drug-likeness (QED) is 0.184. The molecule has 10 nitrogen and oxygen atoms in total. The van der Waals surface area contributed by atoms with Crippen LogP contribution >= 0.6 is 11.8 Å². The molecular weight excluding hydrogens is 661 g/mol. The molecule has 2 aliphatic rings. The molecule has 0 saturated carbocycles. The standard InChI is InChI=1S/C37H35F2N7O3S/c1-50-37(36(49)42-27-5-8-32-29(19-27)34(44-43-32)24-4-7-30(38)26(17-24)21-47)11-16-45(22-37)20-33(48)46-14-9-23(10-15-46)28-6-3-25(18-31(28)39)35-40-12-2-13-41-35/h2-9,12-13,17-19,47H,10-11,14-16,20-22H2,1H3,(H,42,49)(H,43,44)/t37-/m0/s1. The fraction of sp³-hybridized carbons (Fsp3) is 0.270. The van der Waals surface area contributed by atoms with E-state index in [4.69, 9.17) is 0 Å². The number of aromatic amines is 1. The average Bonchev–Trinajstić information content (AvgIpc) is 3.77. The summed E-state index contributed by atoms with van der Waals surface area (Å²) in [6.07, 6.45) is 8.17. The molecule has 2 aliphatic heterocycles. The van der Waals surface area contributed by atoms with E-state index in [1.807, 2.05) is 35.4 Å². The summed E-state index contributed by atoms with van der Waals surface area (Å²) in [5, 5.41) is 20.7. The van der Waals surface area contributed by atoms with Crippen LogP contribution in [-0.4, -0.2) is 90.6 Å². The normalized spacial score (nSPS) is 18.0. The number of hydrogen-bond acceptors (Lipinski definition) is 8. The van der Waals surface area contributed by atoms with Gasteiger partial charge in [-0.2, -0.15) is 5.10 Å². The summed E-state index contributed by atoms with van der Waals surface area (Å²) in [7, 11) is 0. The van der Waals surface area contributed by atoms with Crippen LogP contribution in [0.1, 0.15) is 24.0 Å². The third-order valence-corrected chi connectivity index (χ3v) is 10.8. The van der Waals surface area contributed by atoms with Gasteiger partial charge in [0.1, 0.15) is 16.4 Å². The number of benzene rings is 3. The molecule has 4 heterocycles. The van der Waals surface area contributed by atoms with E-state index in [0.29, 0.717) is 72.9 Å². The van der Waals surface area contributed by atoms with E-state index in [1.54, 1.807) is 47.6 Å². The van der Waals surface area contributed by atoms with E-state index in [1.165, 1.54) is 23.9 Å². The van der Waals surface area contributed by atoms with Crippen molar-refractivity contribution in [3.05, 3.63) is 102 Å². The van der Waals surface area contributed by atoms with Crippen LogP contribution in [0.15, 0.2) is 79.1 Å². The fourth-order valence-electron chi connectivity index (χ4n) is 6.63. The minimum Gasteiger partial charge on any atom is -0.392 e. The second kappa shape index (κ2) is 14.1. The van der Waals surface area contributed by atoms with Crippen LogP contribution in [0.3, 0.4) is 0 Å². The molecule has 0 aliphatic carbocycles. The Balaban J connectivity index is 0.977. The van der Waals surface area contributed by atoms with Gasteiger partial charge in [-0.3, -0.25) is 19.6 Å². The fourth-order valence-corrected chi connectivity index (χ4v) is 7.48. The van der Waals surface area contributed by atoms with Gasteiger partial charge in [0.2, 0.25) is 11.8 Å². The van der Waals surface area contributed by atoms with E-state index in [9.17, 15) is 19.1 Å². The van der Waals surface area contributed by atoms with Gasteiger partial charge in [0.15, 0.2) is 5.82 Å². The molecule has 3 N–H and O–H groups in total. The Morgan fingerprint density at radius 2 is 1.84 bits per heavy atom. The van der Waals surface area contributed by atoms with Crippen molar-refractivity contribution in [2.24, 2.45) is 0 Å². The van der Waals surface area contributed by atoms with Crippen molar-refractivity contribution < 1.29 is 23.5 Å². The number of likely N-dealkylation sites (tertiary alicyclic amines) is 1. The van der Waals surface area contributed by atoms with E-state index in [-0.39, 0.29) is 29.7 Å². The molecule has 0 radical (unpaired) electrons. The van der Waals surface area contributed by atoms with Crippen LogP contribution < -0.4 is 5.32 Å². The highest BCUT2D eigenvalue weighted by atomic mass is 32.2. The van der Waals surface area contributed by atoms with Gasteiger partial charge in [-0.25, -0.2) is 18.7 Å². The Labute approximate surface area is 291 Å². The summed E-state index contributed by atoms with van der Waals surface area (Å²) in [4.78, 5) is 39.3. The third-order valence-electron chi connectivity index (χ3n) is 9.49. The van der Waals surface area contributed by atoms with Gasteiger partial charge in [0, 0.05) is 71.9 Å². The zero-order valence-electron chi connectivity index (χ0n) is 27.3. The Morgan fingerprint density at radius 3 is 2.58 bits per heavy atom. The van der Waals surface area contributed by atoms with Crippen LogP contribution in [0.25, 0.3) is 39.1 Å². The first-order chi connectivity index (χ1) is 24.3. The van der Waals surface area contributed by atoms with Crippen molar-refractivity contribution in [1.29, 1.82) is 0 Å². The second-order valence-electron chi connectivity index (χ2n) is 12.5. The number of carbonyl (C=O) groups is 2. The van der Waals surface area contributed by atoms with Crippen molar-refractivity contribution in [2.75, 3.05) is 44.3 Å². The molecule has 256 valence electrons.